The summed E-state index contributed by atoms with van der Waals surface area (Å²) in [6.07, 6.45) is 1.87. The summed E-state index contributed by atoms with van der Waals surface area (Å²) >= 11 is 0. The van der Waals surface area contributed by atoms with E-state index in [0.717, 1.165) is 50.0 Å². The van der Waals surface area contributed by atoms with Crippen LogP contribution in [0, 0.1) is 12.1 Å². The molecule has 53 heavy (non-hydrogen) atoms. The molecule has 4 heterocycles. The minimum atomic E-state index is 0. The molecule has 0 saturated carbocycles. The van der Waals surface area contributed by atoms with E-state index in [1.165, 1.54) is 28.1 Å². The molecular formula is C46H34N5OPd+. The zero-order valence-electron chi connectivity index (χ0n) is 29.4. The molecule has 1 atom stereocenters. The fourth-order valence-corrected chi connectivity index (χ4v) is 8.24. The van der Waals surface area contributed by atoms with Crippen LogP contribution in [-0.4, -0.2) is 33.2 Å². The van der Waals surface area contributed by atoms with E-state index in [4.69, 9.17) is 14.7 Å². The predicted molar refractivity (Wildman–Crippen MR) is 210 cm³/mol. The van der Waals surface area contributed by atoms with Gasteiger partial charge in [-0.05, 0) is 42.0 Å². The molecule has 0 fully saturated rings. The van der Waals surface area contributed by atoms with Gasteiger partial charge in [-0.15, -0.1) is 42.0 Å². The van der Waals surface area contributed by atoms with E-state index in [1.54, 1.807) is 0 Å². The van der Waals surface area contributed by atoms with Gasteiger partial charge >= 0.3 is 20.4 Å². The Morgan fingerprint density at radius 2 is 1.43 bits per heavy atom. The first-order valence-corrected chi connectivity index (χ1v) is 17.5. The van der Waals surface area contributed by atoms with Gasteiger partial charge < -0.3 is 13.9 Å². The standard InChI is InChI=1S/C46H34N5O.Pd/c1-49-39-23-9-8-22-38(39)48-45(49)31-16-11-18-33(28-31)52-34-19-12-17-32(29-34)50-44-35(36-21-13-27-47-46(36)50)25-26-41-43(44)42(30-14-5-4-6-15-30)37-20-7-10-24-40(37)51(41,2)3;/h4-27,42H,1-3H3;/q-1;+2. The molecule has 0 bridgehead atoms. The Labute approximate surface area is 321 Å². The number of fused-ring (bicyclic) bond motifs is 7. The minimum Gasteiger partial charge on any atom is -0.503 e. The quantitative estimate of drug-likeness (QED) is 0.0993. The molecule has 0 amide bonds. The molecule has 6 nitrogen and oxygen atoms in total. The van der Waals surface area contributed by atoms with Crippen LogP contribution in [0.1, 0.15) is 22.6 Å². The normalized spacial score (nSPS) is 14.5. The van der Waals surface area contributed by atoms with Crippen LogP contribution in [0.15, 0.2) is 146 Å². The largest absolute Gasteiger partial charge is 2.00 e. The van der Waals surface area contributed by atoms with Crippen molar-refractivity contribution in [1.82, 2.24) is 23.6 Å². The zero-order valence-corrected chi connectivity index (χ0v) is 30.9. The average Bonchev–Trinajstić information content (AvgIpc) is 3.70. The first-order valence-electron chi connectivity index (χ1n) is 17.5. The van der Waals surface area contributed by atoms with Crippen LogP contribution in [0.4, 0.5) is 11.4 Å². The number of hydrogen-bond donors (Lipinski definition) is 0. The van der Waals surface area contributed by atoms with Crippen LogP contribution in [0.5, 0.6) is 11.5 Å². The fraction of sp³-hybridized carbons (Fsp3) is 0.0870. The maximum Gasteiger partial charge on any atom is 2.00 e. The molecule has 6 aromatic carbocycles. The van der Waals surface area contributed by atoms with Crippen LogP contribution in [0.3, 0.4) is 0 Å². The number of imidazole rings is 1. The van der Waals surface area contributed by atoms with E-state index in [0.29, 0.717) is 16.0 Å². The number of aromatic nitrogens is 4. The molecule has 9 aromatic rings. The Balaban J connectivity index is 0.00000372. The van der Waals surface area contributed by atoms with Crippen molar-refractivity contribution in [2.75, 3.05) is 14.1 Å². The van der Waals surface area contributed by atoms with Crippen molar-refractivity contribution in [3.8, 4) is 28.6 Å². The summed E-state index contributed by atoms with van der Waals surface area (Å²) in [5.41, 5.74) is 12.1. The van der Waals surface area contributed by atoms with Gasteiger partial charge in [-0.2, -0.15) is 6.07 Å². The van der Waals surface area contributed by atoms with E-state index < -0.39 is 0 Å². The summed E-state index contributed by atoms with van der Waals surface area (Å²) in [7, 11) is 6.60. The molecule has 0 radical (unpaired) electrons. The third kappa shape index (κ3) is 5.15. The molecule has 10 rings (SSSR count). The second-order valence-corrected chi connectivity index (χ2v) is 13.9. The van der Waals surface area contributed by atoms with Crippen LogP contribution in [0.2, 0.25) is 0 Å². The maximum absolute atomic E-state index is 6.51. The summed E-state index contributed by atoms with van der Waals surface area (Å²) in [4.78, 5) is 9.87. The minimum absolute atomic E-state index is 0. The Bertz CT molecular complexity index is 2840. The molecule has 1 aliphatic rings. The van der Waals surface area contributed by atoms with Gasteiger partial charge in [0.25, 0.3) is 0 Å². The number of pyridine rings is 1. The number of hydrogen-bond acceptors (Lipinski definition) is 3. The smallest absolute Gasteiger partial charge is 0.503 e. The van der Waals surface area contributed by atoms with Gasteiger partial charge in [0.2, 0.25) is 0 Å². The molecular weight excluding hydrogens is 745 g/mol. The number of aryl methyl sites for hydroxylation is 1. The summed E-state index contributed by atoms with van der Waals surface area (Å²) in [6.45, 7) is 0. The first-order chi connectivity index (χ1) is 25.5. The Morgan fingerprint density at radius 3 is 2.28 bits per heavy atom. The summed E-state index contributed by atoms with van der Waals surface area (Å²) in [5, 5.41) is 2.25. The number of benzene rings is 6. The van der Waals surface area contributed by atoms with Crippen molar-refractivity contribution in [2.45, 2.75) is 5.92 Å². The number of nitrogens with zero attached hydrogens (tertiary/aromatic N) is 5. The van der Waals surface area contributed by atoms with E-state index in [-0.39, 0.29) is 26.3 Å². The van der Waals surface area contributed by atoms with Gasteiger partial charge in [-0.1, -0.05) is 72.4 Å². The van der Waals surface area contributed by atoms with Crippen LogP contribution < -0.4 is 9.22 Å². The van der Waals surface area contributed by atoms with E-state index in [9.17, 15) is 0 Å². The van der Waals surface area contributed by atoms with Crippen LogP contribution >= 0.6 is 0 Å². The van der Waals surface area contributed by atoms with Crippen molar-refractivity contribution in [3.05, 3.63) is 175 Å². The third-order valence-corrected chi connectivity index (χ3v) is 10.6. The van der Waals surface area contributed by atoms with Gasteiger partial charge in [-0.3, -0.25) is 9.47 Å². The Hall–Kier alpha value is -5.84. The van der Waals surface area contributed by atoms with Gasteiger partial charge in [0.05, 0.1) is 42.0 Å². The molecule has 258 valence electrons. The Kier molecular flexibility index (Phi) is 7.90. The number of quaternary nitrogens is 1. The van der Waals surface area contributed by atoms with Gasteiger partial charge in [-0.25, -0.2) is 4.98 Å². The van der Waals surface area contributed by atoms with Crippen molar-refractivity contribution in [1.29, 1.82) is 0 Å². The first kappa shape index (κ1) is 33.0. The van der Waals surface area contributed by atoms with Crippen molar-refractivity contribution in [2.24, 2.45) is 7.05 Å². The third-order valence-electron chi connectivity index (χ3n) is 10.6. The van der Waals surface area contributed by atoms with Crippen LogP contribution in [-0.2, 0) is 27.5 Å². The molecule has 1 unspecified atom stereocenters. The van der Waals surface area contributed by atoms with Gasteiger partial charge in [0, 0.05) is 53.1 Å². The van der Waals surface area contributed by atoms with E-state index >= 15 is 0 Å². The molecule has 0 saturated heterocycles. The number of ether oxygens (including phenoxy) is 1. The summed E-state index contributed by atoms with van der Waals surface area (Å²) in [5.74, 6) is 2.04. The molecule has 0 N–H and O–H groups in total. The number of rotatable bonds is 5. The van der Waals surface area contributed by atoms with Crippen LogP contribution in [0.25, 0.3) is 50.0 Å². The number of para-hydroxylation sites is 3. The topological polar surface area (TPSA) is 44.9 Å². The zero-order chi connectivity index (χ0) is 35.0. The van der Waals surface area contributed by atoms with Crippen molar-refractivity contribution in [3.63, 3.8) is 0 Å². The van der Waals surface area contributed by atoms with Crippen molar-refractivity contribution < 1.29 is 25.2 Å². The molecule has 0 spiro atoms. The second-order valence-electron chi connectivity index (χ2n) is 13.9. The molecule has 0 aliphatic carbocycles. The fourth-order valence-electron chi connectivity index (χ4n) is 8.24. The summed E-state index contributed by atoms with van der Waals surface area (Å²) < 4.78 is 11.5. The maximum atomic E-state index is 6.51. The molecule has 1 aliphatic heterocycles. The Morgan fingerprint density at radius 1 is 0.679 bits per heavy atom. The average molecular weight is 779 g/mol. The van der Waals surface area contributed by atoms with Gasteiger partial charge in [0.1, 0.15) is 17.0 Å². The van der Waals surface area contributed by atoms with Gasteiger partial charge in [0.15, 0.2) is 0 Å². The monoisotopic (exact) mass is 778 g/mol. The summed E-state index contributed by atoms with van der Waals surface area (Å²) in [6, 6.07) is 55.7. The molecule has 7 heteroatoms. The second kappa shape index (κ2) is 12.7. The van der Waals surface area contributed by atoms with E-state index in [2.05, 4.69) is 120 Å². The van der Waals surface area contributed by atoms with E-state index in [1.807, 2.05) is 67.8 Å². The molecule has 3 aromatic heterocycles. The predicted octanol–water partition coefficient (Wildman–Crippen LogP) is 10.5. The SMILES string of the molecule is Cn1c(-c2[c-]c(Oc3[c-]c(-n4c5ncccc5c5ccc6c(c54)C(c4ccccc4)c4ccccc4[N+]6(C)C)ccc3)ccc2)nc2ccccc21.[Pd+2]. The van der Waals surface area contributed by atoms with Crippen molar-refractivity contribution >= 4 is 44.3 Å².